The third-order valence-corrected chi connectivity index (χ3v) is 2.58. The molecule has 0 aromatic heterocycles. The molecule has 0 amide bonds. The van der Waals surface area contributed by atoms with Crippen LogP contribution in [0.4, 0.5) is 17.9 Å². The second kappa shape index (κ2) is 4.24. The lowest BCUT2D eigenvalue weighted by atomic mass is 10.2. The van der Waals surface area contributed by atoms with Crippen LogP contribution >= 0.6 is 15.9 Å². The number of benzene rings is 1. The molecule has 0 aliphatic rings. The summed E-state index contributed by atoms with van der Waals surface area (Å²) in [5, 5.41) is -3.22. The van der Waals surface area contributed by atoms with Gasteiger partial charge >= 0.3 is 0 Å². The number of rotatable bonds is 3. The van der Waals surface area contributed by atoms with E-state index in [9.17, 15) is 17.9 Å². The van der Waals surface area contributed by atoms with E-state index in [4.69, 9.17) is 0 Å². The topological polar surface area (TPSA) is 6.48 Å². The summed E-state index contributed by atoms with van der Waals surface area (Å²) in [7, 11) is 0. The average Bonchev–Trinajstić information content (AvgIpc) is 2.17. The molecule has 2 nitrogen and oxygen atoms in total. The molecule has 1 aromatic carbocycles. The SMILES string of the molecule is FN(F)C(Br)(c1ccccc1)N(F)F. The van der Waals surface area contributed by atoms with Crippen LogP contribution in [0.2, 0.25) is 0 Å². The molecule has 0 fully saturated rings. The van der Waals surface area contributed by atoms with Gasteiger partial charge in [0.25, 0.3) is 4.57 Å². The van der Waals surface area contributed by atoms with Crippen molar-refractivity contribution < 1.29 is 17.9 Å². The summed E-state index contributed by atoms with van der Waals surface area (Å²) in [4.78, 5) is 0. The van der Waals surface area contributed by atoms with Gasteiger partial charge in [-0.3, -0.25) is 0 Å². The van der Waals surface area contributed by atoms with Gasteiger partial charge in [-0.15, -0.1) is 0 Å². The Morgan fingerprint density at radius 3 is 1.71 bits per heavy atom. The van der Waals surface area contributed by atoms with E-state index in [1.807, 2.05) is 0 Å². The Labute approximate surface area is 85.6 Å². The lowest BCUT2D eigenvalue weighted by Gasteiger charge is -2.26. The van der Waals surface area contributed by atoms with Gasteiger partial charge in [0.1, 0.15) is 0 Å². The molecule has 0 atom stereocenters. The van der Waals surface area contributed by atoms with E-state index >= 15 is 0 Å². The molecule has 1 rings (SSSR count). The van der Waals surface area contributed by atoms with Crippen LogP contribution in [0.5, 0.6) is 0 Å². The summed E-state index contributed by atoms with van der Waals surface area (Å²) in [5.74, 6) is 0. The van der Waals surface area contributed by atoms with Gasteiger partial charge in [0.2, 0.25) is 0 Å². The average molecular weight is 273 g/mol. The number of halogens is 5. The Balaban J connectivity index is 3.13. The molecule has 0 saturated carbocycles. The number of hydrogen-bond acceptors (Lipinski definition) is 2. The molecule has 0 heterocycles. The number of hydrogen-bond donors (Lipinski definition) is 0. The smallest absolute Gasteiger partial charge is 0.0980 e. The molecule has 14 heavy (non-hydrogen) atoms. The fraction of sp³-hybridized carbons (Fsp3) is 0.143. The predicted molar refractivity (Wildman–Crippen MR) is 45.2 cm³/mol. The van der Waals surface area contributed by atoms with Crippen molar-refractivity contribution in [3.8, 4) is 0 Å². The second-order valence-corrected chi connectivity index (χ2v) is 3.52. The molecule has 0 saturated heterocycles. The van der Waals surface area contributed by atoms with E-state index in [2.05, 4.69) is 15.9 Å². The molecule has 0 unspecified atom stereocenters. The monoisotopic (exact) mass is 272 g/mol. The zero-order valence-corrected chi connectivity index (χ0v) is 8.26. The highest BCUT2D eigenvalue weighted by Gasteiger charge is 2.46. The van der Waals surface area contributed by atoms with Gasteiger partial charge in [-0.1, -0.05) is 48.3 Å². The second-order valence-electron chi connectivity index (χ2n) is 2.42. The number of alkyl halides is 1. The highest BCUT2D eigenvalue weighted by atomic mass is 79.9. The first-order valence-corrected chi connectivity index (χ1v) is 4.27. The van der Waals surface area contributed by atoms with E-state index in [1.165, 1.54) is 12.1 Å². The Morgan fingerprint density at radius 2 is 1.36 bits per heavy atom. The van der Waals surface area contributed by atoms with Crippen molar-refractivity contribution in [3.63, 3.8) is 0 Å². The normalized spacial score (nSPS) is 12.5. The van der Waals surface area contributed by atoms with Crippen molar-refractivity contribution in [2.75, 3.05) is 0 Å². The van der Waals surface area contributed by atoms with Gasteiger partial charge in [0.15, 0.2) is 0 Å². The summed E-state index contributed by atoms with van der Waals surface area (Å²) >= 11 is 2.27. The van der Waals surface area contributed by atoms with Crippen molar-refractivity contribution >= 4 is 15.9 Å². The Bertz CT molecular complexity index is 285. The standard InChI is InChI=1S/C7H5BrF4N2/c8-7(13(9)10,14(11)12)6-4-2-1-3-5-6/h1-5H. The first-order valence-electron chi connectivity index (χ1n) is 3.47. The zero-order chi connectivity index (χ0) is 10.8. The summed E-state index contributed by atoms with van der Waals surface area (Å²) in [6.07, 6.45) is 0. The van der Waals surface area contributed by atoms with Crippen LogP contribution in [0.1, 0.15) is 5.56 Å². The van der Waals surface area contributed by atoms with Crippen molar-refractivity contribution in [3.05, 3.63) is 35.9 Å². The van der Waals surface area contributed by atoms with E-state index < -0.39 is 15.3 Å². The van der Waals surface area contributed by atoms with Gasteiger partial charge in [-0.2, -0.15) is 0 Å². The summed E-state index contributed by atoms with van der Waals surface area (Å²) in [6, 6.07) is 6.63. The van der Waals surface area contributed by atoms with E-state index in [1.54, 1.807) is 6.07 Å². The number of nitrogens with zero attached hydrogens (tertiary/aromatic N) is 2. The van der Waals surface area contributed by atoms with Crippen molar-refractivity contribution in [2.45, 2.75) is 4.57 Å². The Kier molecular flexibility index (Phi) is 3.46. The maximum Gasteiger partial charge on any atom is 0.274 e. The first kappa shape index (κ1) is 11.4. The fourth-order valence-corrected chi connectivity index (χ4v) is 1.17. The van der Waals surface area contributed by atoms with Crippen LogP contribution in [0.15, 0.2) is 30.3 Å². The molecule has 0 aliphatic heterocycles. The summed E-state index contributed by atoms with van der Waals surface area (Å²) in [6.45, 7) is 0. The Hall–Kier alpha value is -0.660. The van der Waals surface area contributed by atoms with Crippen molar-refractivity contribution in [1.82, 2.24) is 10.7 Å². The molecule has 0 radical (unpaired) electrons. The third kappa shape index (κ3) is 1.89. The van der Waals surface area contributed by atoms with Gasteiger partial charge in [-0.25, -0.2) is 0 Å². The van der Waals surface area contributed by atoms with Crippen LogP contribution in [0, 0.1) is 0 Å². The molecular formula is C7H5BrF4N2. The molecule has 78 valence electrons. The summed E-state index contributed by atoms with van der Waals surface area (Å²) in [5.41, 5.74) is -0.269. The highest BCUT2D eigenvalue weighted by Crippen LogP contribution is 2.40. The fourth-order valence-electron chi connectivity index (χ4n) is 0.903. The summed E-state index contributed by atoms with van der Waals surface area (Å²) < 4.78 is 46.2. The molecule has 0 aliphatic carbocycles. The van der Waals surface area contributed by atoms with E-state index in [-0.39, 0.29) is 5.56 Å². The molecule has 1 aromatic rings. The van der Waals surface area contributed by atoms with Gasteiger partial charge in [-0.05, 0) is 15.9 Å². The van der Waals surface area contributed by atoms with Gasteiger partial charge in [0, 0.05) is 5.56 Å². The largest absolute Gasteiger partial charge is 0.274 e. The Morgan fingerprint density at radius 1 is 0.929 bits per heavy atom. The molecule has 0 spiro atoms. The molecule has 0 N–H and O–H groups in total. The van der Waals surface area contributed by atoms with Crippen LogP contribution in [0.25, 0.3) is 0 Å². The van der Waals surface area contributed by atoms with Crippen molar-refractivity contribution in [2.24, 2.45) is 0 Å². The zero-order valence-electron chi connectivity index (χ0n) is 6.67. The molecular weight excluding hydrogens is 268 g/mol. The predicted octanol–water partition coefficient (Wildman–Crippen LogP) is 3.33. The lowest BCUT2D eigenvalue weighted by Crippen LogP contribution is -2.39. The van der Waals surface area contributed by atoms with Crippen LogP contribution < -0.4 is 0 Å². The van der Waals surface area contributed by atoms with Crippen LogP contribution in [-0.4, -0.2) is 10.7 Å². The maximum atomic E-state index is 12.3. The van der Waals surface area contributed by atoms with Gasteiger partial charge < -0.3 is 0 Å². The molecule has 7 heteroatoms. The third-order valence-electron chi connectivity index (χ3n) is 1.59. The van der Waals surface area contributed by atoms with E-state index in [0.29, 0.717) is 0 Å². The molecule has 0 bridgehead atoms. The highest BCUT2D eigenvalue weighted by molar-refractivity contribution is 9.09. The lowest BCUT2D eigenvalue weighted by molar-refractivity contribution is -0.337. The van der Waals surface area contributed by atoms with Crippen LogP contribution in [0.3, 0.4) is 0 Å². The minimum Gasteiger partial charge on any atom is -0.0980 e. The minimum atomic E-state index is -2.89. The maximum absolute atomic E-state index is 12.3. The van der Waals surface area contributed by atoms with Gasteiger partial charge in [0.05, 0.1) is 10.7 Å². The van der Waals surface area contributed by atoms with Crippen LogP contribution in [-0.2, 0) is 4.57 Å². The minimum absolute atomic E-state index is 0.269. The van der Waals surface area contributed by atoms with Crippen molar-refractivity contribution in [1.29, 1.82) is 0 Å². The quantitative estimate of drug-likeness (QED) is 0.274. The first-order chi connectivity index (χ1) is 6.49. The van der Waals surface area contributed by atoms with E-state index in [0.717, 1.165) is 12.1 Å².